The molecule has 4 aromatic rings. The van der Waals surface area contributed by atoms with Crippen molar-refractivity contribution in [3.63, 3.8) is 0 Å². The number of anilines is 1. The molecule has 0 aliphatic carbocycles. The minimum atomic E-state index is -3.76. The zero-order valence-electron chi connectivity index (χ0n) is 16.3. The Morgan fingerprint density at radius 1 is 1.10 bits per heavy atom. The van der Waals surface area contributed by atoms with Gasteiger partial charge in [-0.05, 0) is 43.3 Å². The molecule has 2 aromatic carbocycles. The van der Waals surface area contributed by atoms with Gasteiger partial charge in [-0.2, -0.15) is 8.42 Å². The van der Waals surface area contributed by atoms with Gasteiger partial charge in [-0.1, -0.05) is 23.6 Å². The highest BCUT2D eigenvalue weighted by molar-refractivity contribution is 7.86. The first-order chi connectivity index (χ1) is 14.4. The van der Waals surface area contributed by atoms with Gasteiger partial charge in [0.25, 0.3) is 10.1 Å². The average Bonchev–Trinajstić information content (AvgIpc) is 3.07. The van der Waals surface area contributed by atoms with E-state index in [9.17, 15) is 8.42 Å². The molecule has 1 aliphatic heterocycles. The van der Waals surface area contributed by atoms with Crippen molar-refractivity contribution in [3.05, 3.63) is 71.9 Å². The van der Waals surface area contributed by atoms with E-state index in [1.807, 2.05) is 47.9 Å². The van der Waals surface area contributed by atoms with E-state index in [-0.39, 0.29) is 11.0 Å². The Balaban J connectivity index is 1.32. The zero-order valence-corrected chi connectivity index (χ0v) is 17.1. The molecule has 0 bridgehead atoms. The average molecular weight is 417 g/mol. The fourth-order valence-corrected chi connectivity index (χ4v) is 4.70. The number of benzene rings is 2. The fraction of sp³-hybridized carbons (Fsp3) is 0.174. The topological polar surface area (TPSA) is 63.9 Å². The van der Waals surface area contributed by atoms with E-state index in [1.165, 1.54) is 0 Å². The van der Waals surface area contributed by atoms with Crippen molar-refractivity contribution in [3.8, 4) is 12.3 Å². The molecule has 0 unspecified atom stereocenters. The van der Waals surface area contributed by atoms with Crippen molar-refractivity contribution in [2.75, 3.05) is 18.0 Å². The van der Waals surface area contributed by atoms with Gasteiger partial charge in [0, 0.05) is 36.6 Å². The molecule has 0 spiro atoms. The van der Waals surface area contributed by atoms with E-state index in [0.717, 1.165) is 33.5 Å². The third kappa shape index (κ3) is 3.20. The molecular formula is C23H19N3O3S. The Morgan fingerprint density at radius 2 is 1.87 bits per heavy atom. The second kappa shape index (κ2) is 6.87. The fourth-order valence-electron chi connectivity index (χ4n) is 3.64. The van der Waals surface area contributed by atoms with Gasteiger partial charge in [0.2, 0.25) is 0 Å². The van der Waals surface area contributed by atoms with E-state index in [0.29, 0.717) is 13.1 Å². The van der Waals surface area contributed by atoms with Crippen molar-refractivity contribution in [2.24, 2.45) is 0 Å². The second-order valence-corrected chi connectivity index (χ2v) is 9.04. The number of nitrogens with zero attached hydrogens (tertiary/aromatic N) is 3. The molecule has 2 aromatic heterocycles. The molecule has 0 amide bonds. The molecule has 7 heteroatoms. The van der Waals surface area contributed by atoms with Gasteiger partial charge in [0.15, 0.2) is 0 Å². The van der Waals surface area contributed by atoms with Crippen LogP contribution in [0.3, 0.4) is 0 Å². The van der Waals surface area contributed by atoms with E-state index < -0.39 is 10.1 Å². The van der Waals surface area contributed by atoms with E-state index in [4.69, 9.17) is 10.6 Å². The number of rotatable bonds is 4. The molecule has 0 atom stereocenters. The molecular weight excluding hydrogens is 398 g/mol. The summed E-state index contributed by atoms with van der Waals surface area (Å²) in [6.45, 7) is 2.92. The lowest BCUT2D eigenvalue weighted by Crippen LogP contribution is -2.53. The summed E-state index contributed by atoms with van der Waals surface area (Å²) in [4.78, 5) is 6.92. The van der Waals surface area contributed by atoms with E-state index in [1.54, 1.807) is 24.3 Å². The van der Waals surface area contributed by atoms with E-state index in [2.05, 4.69) is 15.8 Å². The number of hydrogen-bond donors (Lipinski definition) is 0. The normalized spacial score (nSPS) is 14.7. The van der Waals surface area contributed by atoms with Crippen LogP contribution in [0, 0.1) is 19.3 Å². The Hall–Kier alpha value is -3.34. The highest BCUT2D eigenvalue weighted by Crippen LogP contribution is 2.28. The lowest BCUT2D eigenvalue weighted by molar-refractivity contribution is 0.175. The first-order valence-electron chi connectivity index (χ1n) is 9.56. The van der Waals surface area contributed by atoms with Gasteiger partial charge in [0.1, 0.15) is 11.8 Å². The van der Waals surface area contributed by atoms with Gasteiger partial charge in [-0.25, -0.2) is 4.98 Å². The minimum Gasteiger partial charge on any atom is -0.366 e. The maximum Gasteiger partial charge on any atom is 0.297 e. The van der Waals surface area contributed by atoms with Gasteiger partial charge in [0.05, 0.1) is 15.9 Å². The summed E-state index contributed by atoms with van der Waals surface area (Å²) in [6.07, 6.45) is 7.07. The van der Waals surface area contributed by atoms with Crippen molar-refractivity contribution in [1.82, 2.24) is 9.38 Å². The minimum absolute atomic E-state index is 0.184. The molecule has 0 saturated carbocycles. The number of terminal acetylenes is 1. The van der Waals surface area contributed by atoms with Crippen LogP contribution in [0.5, 0.6) is 0 Å². The first-order valence-corrected chi connectivity index (χ1v) is 11.0. The van der Waals surface area contributed by atoms with Crippen LogP contribution < -0.4 is 4.90 Å². The predicted octanol–water partition coefficient (Wildman–Crippen LogP) is 3.37. The quantitative estimate of drug-likeness (QED) is 0.376. The predicted molar refractivity (Wildman–Crippen MR) is 116 cm³/mol. The van der Waals surface area contributed by atoms with Gasteiger partial charge < -0.3 is 4.90 Å². The van der Waals surface area contributed by atoms with Gasteiger partial charge in [-0.15, -0.1) is 6.42 Å². The molecule has 0 N–H and O–H groups in total. The van der Waals surface area contributed by atoms with Crippen LogP contribution in [0.4, 0.5) is 5.69 Å². The van der Waals surface area contributed by atoms with Crippen molar-refractivity contribution in [1.29, 1.82) is 0 Å². The molecule has 1 saturated heterocycles. The summed E-state index contributed by atoms with van der Waals surface area (Å²) >= 11 is 0. The highest BCUT2D eigenvalue weighted by Gasteiger charge is 2.33. The third-order valence-electron chi connectivity index (χ3n) is 5.34. The monoisotopic (exact) mass is 417 g/mol. The van der Waals surface area contributed by atoms with Crippen LogP contribution in [-0.4, -0.2) is 37.0 Å². The largest absolute Gasteiger partial charge is 0.366 e. The molecule has 6 nitrogen and oxygen atoms in total. The summed E-state index contributed by atoms with van der Waals surface area (Å²) in [5.41, 5.74) is 5.42. The summed E-state index contributed by atoms with van der Waals surface area (Å²) < 4.78 is 32.3. The number of hydrogen-bond acceptors (Lipinski definition) is 5. The molecule has 1 aliphatic rings. The Morgan fingerprint density at radius 3 is 2.60 bits per heavy atom. The summed E-state index contributed by atoms with van der Waals surface area (Å²) in [5.74, 6) is 2.63. The van der Waals surface area contributed by atoms with Gasteiger partial charge in [-0.3, -0.25) is 8.58 Å². The van der Waals surface area contributed by atoms with Crippen molar-refractivity contribution in [2.45, 2.75) is 17.9 Å². The molecule has 150 valence electrons. The van der Waals surface area contributed by atoms with Crippen molar-refractivity contribution >= 4 is 32.5 Å². The van der Waals surface area contributed by atoms with Crippen LogP contribution in [0.1, 0.15) is 11.1 Å². The van der Waals surface area contributed by atoms with Crippen LogP contribution in [0.25, 0.3) is 16.7 Å². The summed E-state index contributed by atoms with van der Waals surface area (Å²) in [6, 6.07) is 16.4. The Labute approximate surface area is 174 Å². The number of fused-ring (bicyclic) bond motifs is 3. The maximum atomic E-state index is 12.4. The number of aryl methyl sites for hydroxylation is 1. The second-order valence-electron chi connectivity index (χ2n) is 7.46. The maximum absolute atomic E-state index is 12.4. The lowest BCUT2D eigenvalue weighted by atomic mass is 10.1. The molecule has 3 heterocycles. The first kappa shape index (κ1) is 18.7. The Bertz CT molecular complexity index is 1410. The molecule has 1 fully saturated rings. The third-order valence-corrected chi connectivity index (χ3v) is 6.72. The van der Waals surface area contributed by atoms with Crippen molar-refractivity contribution < 1.29 is 12.6 Å². The Kier molecular flexibility index (Phi) is 4.28. The van der Waals surface area contributed by atoms with Crippen LogP contribution in [0.2, 0.25) is 0 Å². The smallest absolute Gasteiger partial charge is 0.297 e. The molecule has 30 heavy (non-hydrogen) atoms. The zero-order chi connectivity index (χ0) is 20.9. The number of pyridine rings is 1. The standard InChI is InChI=1S/C23H19N3O3S/c1-3-17-6-9-22-21(12-17)24-23-13-18(10-11-26(22)23)25-14-19(15-25)29-30(27,28)20-7-4-16(2)5-8-20/h1,4-13,19H,14-15H2,2H3. The van der Waals surface area contributed by atoms with Crippen LogP contribution in [-0.2, 0) is 14.3 Å². The highest BCUT2D eigenvalue weighted by atomic mass is 32.2. The van der Waals surface area contributed by atoms with Gasteiger partial charge >= 0.3 is 0 Å². The number of imidazole rings is 1. The lowest BCUT2D eigenvalue weighted by Gasteiger charge is -2.39. The summed E-state index contributed by atoms with van der Waals surface area (Å²) in [7, 11) is -3.76. The van der Waals surface area contributed by atoms with E-state index >= 15 is 0 Å². The SMILES string of the molecule is C#Cc1ccc2c(c1)nc1cc(N3CC(OS(=O)(=O)c4ccc(C)cc4)C3)ccn12. The van der Waals surface area contributed by atoms with Crippen LogP contribution >= 0.6 is 0 Å². The molecule has 5 rings (SSSR count). The van der Waals surface area contributed by atoms with Crippen LogP contribution in [0.15, 0.2) is 65.7 Å². The number of aromatic nitrogens is 2. The molecule has 0 radical (unpaired) electrons. The summed E-state index contributed by atoms with van der Waals surface area (Å²) in [5, 5.41) is 0.